The number of carbonyl (C=O) groups excluding carboxylic acids is 2. The number of sulfonamides is 1. The Balaban J connectivity index is 2.24. The predicted octanol–water partition coefficient (Wildman–Crippen LogP) is 1.21. The van der Waals surface area contributed by atoms with E-state index in [4.69, 9.17) is 16.3 Å². The lowest BCUT2D eigenvalue weighted by Crippen LogP contribution is -2.41. The Hall–Kier alpha value is -1.84. The Bertz CT molecular complexity index is 797. The van der Waals surface area contributed by atoms with Crippen LogP contribution in [-0.2, 0) is 19.6 Å². The van der Waals surface area contributed by atoms with Crippen LogP contribution in [0.1, 0.15) is 20.3 Å². The van der Waals surface area contributed by atoms with Crippen molar-refractivity contribution < 1.29 is 22.7 Å². The van der Waals surface area contributed by atoms with Crippen molar-refractivity contribution >= 4 is 39.1 Å². The van der Waals surface area contributed by atoms with Crippen LogP contribution in [-0.4, -0.2) is 50.8 Å². The normalized spacial score (nSPS) is 15.2. The third kappa shape index (κ3) is 4.42. The summed E-state index contributed by atoms with van der Waals surface area (Å²) in [5.41, 5.74) is 0.303. The molecule has 2 N–H and O–H groups in total. The van der Waals surface area contributed by atoms with Gasteiger partial charge in [0.05, 0.1) is 17.3 Å². The van der Waals surface area contributed by atoms with E-state index in [-0.39, 0.29) is 40.8 Å². The zero-order valence-electron chi connectivity index (χ0n) is 14.1. The van der Waals surface area contributed by atoms with Crippen LogP contribution in [0.25, 0.3) is 0 Å². The van der Waals surface area contributed by atoms with E-state index in [0.29, 0.717) is 5.69 Å². The number of benzene rings is 1. The van der Waals surface area contributed by atoms with Gasteiger partial charge < -0.3 is 15.4 Å². The molecule has 0 radical (unpaired) electrons. The van der Waals surface area contributed by atoms with E-state index in [2.05, 4.69) is 10.6 Å². The van der Waals surface area contributed by atoms with Gasteiger partial charge in [0.1, 0.15) is 10.6 Å². The van der Waals surface area contributed by atoms with Crippen LogP contribution in [0, 0.1) is 0 Å². The van der Waals surface area contributed by atoms with E-state index < -0.39 is 15.9 Å². The van der Waals surface area contributed by atoms with Gasteiger partial charge >= 0.3 is 0 Å². The monoisotopic (exact) mass is 389 g/mol. The zero-order valence-corrected chi connectivity index (χ0v) is 15.7. The molecule has 2 amide bonds. The van der Waals surface area contributed by atoms with Crippen molar-refractivity contribution in [3.8, 4) is 5.75 Å². The average molecular weight is 390 g/mol. The summed E-state index contributed by atoms with van der Waals surface area (Å²) in [4.78, 5) is 23.1. The Morgan fingerprint density at radius 1 is 1.48 bits per heavy atom. The highest BCUT2D eigenvalue weighted by Gasteiger charge is 2.29. The smallest absolute Gasteiger partial charge is 0.262 e. The van der Waals surface area contributed by atoms with Crippen molar-refractivity contribution in [1.29, 1.82) is 0 Å². The fourth-order valence-corrected chi connectivity index (χ4v) is 3.80. The molecule has 0 saturated carbocycles. The zero-order chi connectivity index (χ0) is 18.8. The van der Waals surface area contributed by atoms with Crippen LogP contribution in [0.4, 0.5) is 5.69 Å². The molecule has 1 aromatic rings. The number of rotatable bonds is 6. The van der Waals surface area contributed by atoms with Crippen molar-refractivity contribution in [3.63, 3.8) is 0 Å². The summed E-state index contributed by atoms with van der Waals surface area (Å²) >= 11 is 6.07. The molecule has 0 saturated heterocycles. The molecule has 0 fully saturated rings. The lowest BCUT2D eigenvalue weighted by molar-refractivity contribution is -0.121. The van der Waals surface area contributed by atoms with Crippen LogP contribution in [0.5, 0.6) is 5.75 Å². The predicted molar refractivity (Wildman–Crippen MR) is 93.3 cm³/mol. The minimum atomic E-state index is -4.01. The number of anilines is 1. The molecule has 0 spiro atoms. The molecule has 1 atom stereocenters. The second-order valence-corrected chi connectivity index (χ2v) is 8.17. The lowest BCUT2D eigenvalue weighted by Gasteiger charge is -2.22. The number of amides is 2. The Morgan fingerprint density at radius 2 is 2.16 bits per heavy atom. The van der Waals surface area contributed by atoms with Crippen LogP contribution in [0.3, 0.4) is 0 Å². The maximum Gasteiger partial charge on any atom is 0.262 e. The van der Waals surface area contributed by atoms with Gasteiger partial charge in [0, 0.05) is 19.2 Å². The number of fused-ring (bicyclic) bond motifs is 1. The van der Waals surface area contributed by atoms with Gasteiger partial charge in [0.25, 0.3) is 5.91 Å². The maximum absolute atomic E-state index is 12.7. The van der Waals surface area contributed by atoms with Crippen molar-refractivity contribution in [2.75, 3.05) is 25.5 Å². The summed E-state index contributed by atoms with van der Waals surface area (Å²) in [7, 11) is -2.71. The maximum atomic E-state index is 12.7. The number of hydrogen-bond acceptors (Lipinski definition) is 5. The number of likely N-dealkylation sites (N-methyl/N-ethyl adjacent to an activating group) is 1. The molecule has 0 aliphatic carbocycles. The Kier molecular flexibility index (Phi) is 5.91. The standard InChI is InChI=1S/C15H20ClN3O5S/c1-4-9(2)17-14(20)7-19(3)25(22,23)13-6-12-11(5-10(13)16)18-15(21)8-24-12/h5-6,9H,4,7-8H2,1-3H3,(H,17,20)(H,18,21)/t9-/m1/s1. The summed E-state index contributed by atoms with van der Waals surface area (Å²) in [5.74, 6) is -0.545. The molecule has 1 heterocycles. The van der Waals surface area contributed by atoms with Gasteiger partial charge in [-0.3, -0.25) is 9.59 Å². The van der Waals surface area contributed by atoms with Gasteiger partial charge in [-0.05, 0) is 19.4 Å². The van der Waals surface area contributed by atoms with Gasteiger partial charge in [-0.2, -0.15) is 4.31 Å². The quantitative estimate of drug-likeness (QED) is 0.760. The van der Waals surface area contributed by atoms with Gasteiger partial charge in [-0.15, -0.1) is 0 Å². The van der Waals surface area contributed by atoms with Gasteiger partial charge in [-0.25, -0.2) is 8.42 Å². The summed E-state index contributed by atoms with van der Waals surface area (Å²) in [6.45, 7) is 3.20. The highest BCUT2D eigenvalue weighted by Crippen LogP contribution is 2.36. The SMILES string of the molecule is CC[C@@H](C)NC(=O)CN(C)S(=O)(=O)c1cc2c(cc1Cl)NC(=O)CO2. The molecule has 0 aromatic heterocycles. The highest BCUT2D eigenvalue weighted by molar-refractivity contribution is 7.89. The van der Waals surface area contributed by atoms with Crippen LogP contribution < -0.4 is 15.4 Å². The van der Waals surface area contributed by atoms with E-state index in [1.165, 1.54) is 19.2 Å². The molecular formula is C15H20ClN3O5S. The van der Waals surface area contributed by atoms with Crippen molar-refractivity contribution in [1.82, 2.24) is 9.62 Å². The van der Waals surface area contributed by atoms with E-state index in [1.54, 1.807) is 0 Å². The second kappa shape index (κ2) is 7.59. The molecule has 1 aromatic carbocycles. The molecular weight excluding hydrogens is 370 g/mol. The van der Waals surface area contributed by atoms with E-state index in [9.17, 15) is 18.0 Å². The molecule has 0 bridgehead atoms. The van der Waals surface area contributed by atoms with Gasteiger partial charge in [0.15, 0.2) is 6.61 Å². The molecule has 1 aliphatic rings. The average Bonchev–Trinajstić information content (AvgIpc) is 2.53. The summed E-state index contributed by atoms with van der Waals surface area (Å²) in [6, 6.07) is 2.51. The Morgan fingerprint density at radius 3 is 2.80 bits per heavy atom. The van der Waals surface area contributed by atoms with E-state index in [0.717, 1.165) is 10.7 Å². The fourth-order valence-electron chi connectivity index (χ4n) is 2.16. The minimum absolute atomic E-state index is 0.0482. The first-order chi connectivity index (χ1) is 11.6. The fraction of sp³-hybridized carbons (Fsp3) is 0.467. The molecule has 138 valence electrons. The first-order valence-corrected chi connectivity index (χ1v) is 9.48. The molecule has 25 heavy (non-hydrogen) atoms. The number of nitrogens with zero attached hydrogens (tertiary/aromatic N) is 1. The highest BCUT2D eigenvalue weighted by atomic mass is 35.5. The Labute approximate surface area is 151 Å². The topological polar surface area (TPSA) is 105 Å². The summed E-state index contributed by atoms with van der Waals surface area (Å²) in [5, 5.41) is 5.18. The van der Waals surface area contributed by atoms with E-state index >= 15 is 0 Å². The van der Waals surface area contributed by atoms with Gasteiger partial charge in [0.2, 0.25) is 15.9 Å². The molecule has 0 unspecified atom stereocenters. The molecule has 8 nitrogen and oxygen atoms in total. The third-order valence-corrected chi connectivity index (χ3v) is 6.01. The number of nitrogens with one attached hydrogen (secondary N) is 2. The summed E-state index contributed by atoms with van der Waals surface area (Å²) < 4.78 is 31.6. The summed E-state index contributed by atoms with van der Waals surface area (Å²) in [6.07, 6.45) is 0.738. The van der Waals surface area contributed by atoms with Crippen molar-refractivity contribution in [2.45, 2.75) is 31.2 Å². The molecule has 1 aliphatic heterocycles. The molecule has 2 rings (SSSR count). The second-order valence-electron chi connectivity index (χ2n) is 5.75. The van der Waals surface area contributed by atoms with Gasteiger partial charge in [-0.1, -0.05) is 18.5 Å². The van der Waals surface area contributed by atoms with Crippen LogP contribution in [0.15, 0.2) is 17.0 Å². The van der Waals surface area contributed by atoms with Crippen molar-refractivity contribution in [2.24, 2.45) is 0 Å². The number of hydrogen-bond donors (Lipinski definition) is 2. The number of halogens is 1. The molecule has 10 heteroatoms. The third-order valence-electron chi connectivity index (χ3n) is 3.74. The van der Waals surface area contributed by atoms with E-state index in [1.807, 2.05) is 13.8 Å². The lowest BCUT2D eigenvalue weighted by atomic mass is 10.2. The number of ether oxygens (including phenoxy) is 1. The van der Waals surface area contributed by atoms with Crippen LogP contribution in [0.2, 0.25) is 5.02 Å². The minimum Gasteiger partial charge on any atom is -0.482 e. The first kappa shape index (κ1) is 19.5. The number of carbonyl (C=O) groups is 2. The van der Waals surface area contributed by atoms with Crippen LogP contribution >= 0.6 is 11.6 Å². The first-order valence-electron chi connectivity index (χ1n) is 7.67. The largest absolute Gasteiger partial charge is 0.482 e. The van der Waals surface area contributed by atoms with Crippen molar-refractivity contribution in [3.05, 3.63) is 17.2 Å².